The van der Waals surface area contributed by atoms with Crippen molar-refractivity contribution in [1.82, 2.24) is 0 Å². The van der Waals surface area contributed by atoms with Gasteiger partial charge < -0.3 is 0 Å². The van der Waals surface area contributed by atoms with Gasteiger partial charge in [0.1, 0.15) is 0 Å². The summed E-state index contributed by atoms with van der Waals surface area (Å²) in [5, 5.41) is 0. The Balaban J connectivity index is 1.95. The lowest BCUT2D eigenvalue weighted by Crippen LogP contribution is -2.47. The fourth-order valence-corrected chi connectivity index (χ4v) is 6.33. The third-order valence-corrected chi connectivity index (χ3v) is 7.60. The van der Waals surface area contributed by atoms with E-state index in [0.717, 1.165) is 18.3 Å². The first-order chi connectivity index (χ1) is 10.9. The van der Waals surface area contributed by atoms with E-state index in [-0.39, 0.29) is 0 Å². The lowest BCUT2D eigenvalue weighted by Gasteiger charge is -2.56. The maximum absolute atomic E-state index is 4.35. The van der Waals surface area contributed by atoms with Crippen LogP contribution in [0, 0.1) is 11.3 Å². The first-order valence-corrected chi connectivity index (χ1v) is 9.66. The number of thiophene rings is 1. The molecule has 1 heterocycles. The van der Waals surface area contributed by atoms with Gasteiger partial charge in [-0.2, -0.15) is 0 Å². The molecule has 2 unspecified atom stereocenters. The third kappa shape index (κ3) is 2.02. The minimum absolute atomic E-state index is 0.472. The second kappa shape index (κ2) is 5.08. The highest BCUT2D eigenvalue weighted by Crippen LogP contribution is 2.65. The molecule has 1 aromatic heterocycles. The van der Waals surface area contributed by atoms with Crippen molar-refractivity contribution in [1.29, 1.82) is 0 Å². The van der Waals surface area contributed by atoms with Gasteiger partial charge >= 0.3 is 0 Å². The van der Waals surface area contributed by atoms with Crippen molar-refractivity contribution in [3.63, 3.8) is 0 Å². The molecule has 0 spiro atoms. The van der Waals surface area contributed by atoms with Gasteiger partial charge in [0, 0.05) is 9.75 Å². The van der Waals surface area contributed by atoms with Crippen LogP contribution in [-0.2, 0) is 12.8 Å². The zero-order chi connectivity index (χ0) is 16.4. The molecular formula is C22H26S. The summed E-state index contributed by atoms with van der Waals surface area (Å²) in [5.41, 5.74) is 7.73. The molecule has 1 heteroatoms. The van der Waals surface area contributed by atoms with E-state index in [1.807, 2.05) is 11.3 Å². The Hall–Kier alpha value is -1.34. The fraction of sp³-hybridized carbons (Fsp3) is 0.455. The maximum Gasteiger partial charge on any atom is 0.0426 e. The van der Waals surface area contributed by atoms with Gasteiger partial charge in [0.05, 0.1) is 0 Å². The van der Waals surface area contributed by atoms with Crippen LogP contribution in [-0.4, -0.2) is 0 Å². The molecule has 3 aliphatic rings. The Kier molecular flexibility index (Phi) is 3.36. The monoisotopic (exact) mass is 322 g/mol. The van der Waals surface area contributed by atoms with Crippen LogP contribution in [0.15, 0.2) is 30.8 Å². The molecule has 2 atom stereocenters. The summed E-state index contributed by atoms with van der Waals surface area (Å²) >= 11 is 2.05. The number of benzene rings is 1. The number of hydrogen-bond donors (Lipinski definition) is 0. The van der Waals surface area contributed by atoms with Crippen molar-refractivity contribution in [2.75, 3.05) is 0 Å². The molecule has 5 rings (SSSR count). The lowest BCUT2D eigenvalue weighted by molar-refractivity contribution is 0.0200. The number of rotatable bonds is 3. The summed E-state index contributed by atoms with van der Waals surface area (Å²) in [5.74, 6) is 1.62. The van der Waals surface area contributed by atoms with Crippen molar-refractivity contribution in [3.8, 4) is 10.4 Å². The molecular weight excluding hydrogens is 296 g/mol. The summed E-state index contributed by atoms with van der Waals surface area (Å²) < 4.78 is 0. The van der Waals surface area contributed by atoms with E-state index >= 15 is 0 Å². The van der Waals surface area contributed by atoms with Gasteiger partial charge in [-0.15, -0.1) is 11.3 Å². The smallest absolute Gasteiger partial charge is 0.0426 e. The average Bonchev–Trinajstić information content (AvgIpc) is 2.93. The van der Waals surface area contributed by atoms with E-state index in [1.165, 1.54) is 40.0 Å². The molecule has 23 heavy (non-hydrogen) atoms. The highest BCUT2D eigenvalue weighted by molar-refractivity contribution is 7.16. The second-order valence-corrected chi connectivity index (χ2v) is 9.05. The van der Waals surface area contributed by atoms with Gasteiger partial charge in [-0.05, 0) is 71.3 Å². The van der Waals surface area contributed by atoms with Crippen molar-refractivity contribution in [2.45, 2.75) is 52.9 Å². The van der Waals surface area contributed by atoms with E-state index < -0.39 is 0 Å². The second-order valence-electron chi connectivity index (χ2n) is 7.94. The topological polar surface area (TPSA) is 0 Å². The van der Waals surface area contributed by atoms with Crippen LogP contribution in [0.1, 0.15) is 61.6 Å². The van der Waals surface area contributed by atoms with Crippen LogP contribution in [0.3, 0.4) is 0 Å². The zero-order valence-electron chi connectivity index (χ0n) is 14.7. The Morgan fingerprint density at radius 1 is 1.30 bits per heavy atom. The van der Waals surface area contributed by atoms with Gasteiger partial charge in [-0.3, -0.25) is 0 Å². The summed E-state index contributed by atoms with van der Waals surface area (Å²) in [6.45, 7) is 13.7. The molecule has 1 fully saturated rings. The number of allylic oxidation sites excluding steroid dienone is 1. The Morgan fingerprint density at radius 3 is 2.70 bits per heavy atom. The molecule has 1 aromatic carbocycles. The van der Waals surface area contributed by atoms with Crippen molar-refractivity contribution < 1.29 is 0 Å². The SMILES string of the molecule is C=C(C)c1c(-c2ccccc2CC)sc2c1C1CC(C2)C1(C)C. The maximum atomic E-state index is 4.35. The highest BCUT2D eigenvalue weighted by Gasteiger charge is 2.54. The van der Waals surface area contributed by atoms with E-state index in [1.54, 1.807) is 10.4 Å². The quantitative estimate of drug-likeness (QED) is 0.590. The first-order valence-electron chi connectivity index (χ1n) is 8.84. The van der Waals surface area contributed by atoms with Gasteiger partial charge in [0.15, 0.2) is 0 Å². The predicted molar refractivity (Wildman–Crippen MR) is 102 cm³/mol. The molecule has 1 saturated carbocycles. The Labute approximate surface area is 144 Å². The fourth-order valence-electron chi connectivity index (χ4n) is 4.75. The van der Waals surface area contributed by atoms with Crippen LogP contribution in [0.5, 0.6) is 0 Å². The molecule has 2 aromatic rings. The summed E-state index contributed by atoms with van der Waals surface area (Å²) in [7, 11) is 0. The molecule has 0 N–H and O–H groups in total. The molecule has 3 aliphatic carbocycles. The van der Waals surface area contributed by atoms with Crippen LogP contribution >= 0.6 is 11.3 Å². The minimum atomic E-state index is 0.472. The molecule has 0 radical (unpaired) electrons. The van der Waals surface area contributed by atoms with Crippen LogP contribution in [0.25, 0.3) is 16.0 Å². The average molecular weight is 323 g/mol. The molecule has 0 aliphatic heterocycles. The van der Waals surface area contributed by atoms with E-state index in [9.17, 15) is 0 Å². The molecule has 0 nitrogen and oxygen atoms in total. The standard InChI is InChI=1S/C22H26S/c1-6-14-9-7-8-10-16(14)21-19(13(2)3)20-17-11-15(22(17,4)5)12-18(20)23-21/h7-10,15,17H,2,6,11-12H2,1,3-5H3. The number of hydrogen-bond acceptors (Lipinski definition) is 1. The highest BCUT2D eigenvalue weighted by atomic mass is 32.1. The van der Waals surface area contributed by atoms with Crippen molar-refractivity contribution >= 4 is 16.9 Å². The largest absolute Gasteiger partial charge is 0.139 e. The van der Waals surface area contributed by atoms with Crippen molar-refractivity contribution in [3.05, 3.63) is 52.4 Å². The zero-order valence-corrected chi connectivity index (χ0v) is 15.5. The van der Waals surface area contributed by atoms with Gasteiger partial charge in [0.25, 0.3) is 0 Å². The van der Waals surface area contributed by atoms with Gasteiger partial charge in [0.2, 0.25) is 0 Å². The summed E-state index contributed by atoms with van der Waals surface area (Å²) in [6, 6.07) is 8.92. The van der Waals surface area contributed by atoms with E-state index in [4.69, 9.17) is 0 Å². The first kappa shape index (κ1) is 15.2. The normalized spacial score (nSPS) is 24.0. The molecule has 0 saturated heterocycles. The minimum Gasteiger partial charge on any atom is -0.139 e. The lowest BCUT2D eigenvalue weighted by atomic mass is 9.48. The van der Waals surface area contributed by atoms with Crippen LogP contribution in [0.2, 0.25) is 0 Å². The Bertz CT molecular complexity index is 790. The number of aryl methyl sites for hydroxylation is 1. The molecule has 0 amide bonds. The molecule has 120 valence electrons. The van der Waals surface area contributed by atoms with E-state index in [2.05, 4.69) is 58.5 Å². The van der Waals surface area contributed by atoms with Crippen molar-refractivity contribution in [2.24, 2.45) is 11.3 Å². The van der Waals surface area contributed by atoms with Gasteiger partial charge in [-0.25, -0.2) is 0 Å². The van der Waals surface area contributed by atoms with Crippen LogP contribution < -0.4 is 0 Å². The third-order valence-electron chi connectivity index (χ3n) is 6.34. The summed E-state index contributed by atoms with van der Waals surface area (Å²) in [6.07, 6.45) is 3.75. The van der Waals surface area contributed by atoms with Gasteiger partial charge in [-0.1, -0.05) is 51.6 Å². The molecule has 2 bridgehead atoms. The van der Waals surface area contributed by atoms with E-state index in [0.29, 0.717) is 5.41 Å². The summed E-state index contributed by atoms with van der Waals surface area (Å²) in [4.78, 5) is 3.12. The Morgan fingerprint density at radius 2 is 2.04 bits per heavy atom. The van der Waals surface area contributed by atoms with Crippen LogP contribution in [0.4, 0.5) is 0 Å². The predicted octanol–water partition coefficient (Wildman–Crippen LogP) is 6.70.